The van der Waals surface area contributed by atoms with Crippen molar-refractivity contribution in [2.75, 3.05) is 0 Å². The summed E-state index contributed by atoms with van der Waals surface area (Å²) in [6.45, 7) is 2.00. The van der Waals surface area contributed by atoms with Crippen LogP contribution in [0.15, 0.2) is 34.8 Å². The predicted octanol–water partition coefficient (Wildman–Crippen LogP) is 2.30. The molecule has 86 valence electrons. The number of ether oxygens (including phenoxy) is 1. The second-order valence-electron chi connectivity index (χ2n) is 3.98. The maximum absolute atomic E-state index is 11.3. The average Bonchev–Trinajstić information content (AvgIpc) is 2.15. The molecule has 0 aromatic rings. The van der Waals surface area contributed by atoms with Gasteiger partial charge in [-0.1, -0.05) is 13.3 Å². The molecule has 2 N–H and O–H groups in total. The Morgan fingerprint density at radius 1 is 1.44 bits per heavy atom. The standard InChI is InChI=1S/C12H14O4/c1-2-3-7-4-11(15)16-10-6-8(13)5-9(14)12(7)10/h4-5,10,13-14H,2-3,6H2,1H3. The van der Waals surface area contributed by atoms with Crippen molar-refractivity contribution in [1.82, 2.24) is 0 Å². The van der Waals surface area contributed by atoms with Gasteiger partial charge in [0.05, 0.1) is 5.76 Å². The molecule has 0 saturated heterocycles. The summed E-state index contributed by atoms with van der Waals surface area (Å²) in [6.07, 6.45) is 4.05. The van der Waals surface area contributed by atoms with Gasteiger partial charge in [0.15, 0.2) is 0 Å². The number of carbonyl (C=O) groups is 1. The number of carbonyl (C=O) groups excluding carboxylic acids is 1. The minimum absolute atomic E-state index is 0.000880. The van der Waals surface area contributed by atoms with Crippen molar-refractivity contribution in [3.05, 3.63) is 34.8 Å². The molecule has 16 heavy (non-hydrogen) atoms. The molecule has 0 aromatic carbocycles. The van der Waals surface area contributed by atoms with E-state index >= 15 is 0 Å². The Balaban J connectivity index is 2.43. The van der Waals surface area contributed by atoms with Crippen LogP contribution in [0.1, 0.15) is 26.2 Å². The Hall–Kier alpha value is -1.71. The summed E-state index contributed by atoms with van der Waals surface area (Å²) in [5, 5.41) is 19.1. The first-order valence-corrected chi connectivity index (χ1v) is 5.36. The first-order chi connectivity index (χ1) is 7.61. The van der Waals surface area contributed by atoms with Crippen LogP contribution in [-0.4, -0.2) is 22.3 Å². The highest BCUT2D eigenvalue weighted by Gasteiger charge is 2.32. The van der Waals surface area contributed by atoms with E-state index in [1.54, 1.807) is 0 Å². The molecule has 1 unspecified atom stereocenters. The molecule has 0 bridgehead atoms. The summed E-state index contributed by atoms with van der Waals surface area (Å²) < 4.78 is 5.07. The van der Waals surface area contributed by atoms with Crippen molar-refractivity contribution in [2.24, 2.45) is 0 Å². The van der Waals surface area contributed by atoms with Crippen LogP contribution in [0.5, 0.6) is 0 Å². The van der Waals surface area contributed by atoms with E-state index in [0.717, 1.165) is 18.4 Å². The molecule has 0 saturated carbocycles. The van der Waals surface area contributed by atoms with Gasteiger partial charge in [0.2, 0.25) is 0 Å². The number of hydrogen-bond acceptors (Lipinski definition) is 4. The molecule has 2 rings (SSSR count). The maximum Gasteiger partial charge on any atom is 0.331 e. The lowest BCUT2D eigenvalue weighted by atomic mass is 9.88. The maximum atomic E-state index is 11.3. The Labute approximate surface area is 93.5 Å². The second-order valence-corrected chi connectivity index (χ2v) is 3.98. The molecule has 1 heterocycles. The summed E-state index contributed by atoms with van der Waals surface area (Å²) >= 11 is 0. The Morgan fingerprint density at radius 3 is 2.88 bits per heavy atom. The van der Waals surface area contributed by atoms with Crippen molar-refractivity contribution in [3.8, 4) is 0 Å². The van der Waals surface area contributed by atoms with Gasteiger partial charge in [-0.3, -0.25) is 0 Å². The largest absolute Gasteiger partial charge is 0.512 e. The molecule has 2 aliphatic rings. The van der Waals surface area contributed by atoms with Gasteiger partial charge in [0.1, 0.15) is 11.9 Å². The van der Waals surface area contributed by atoms with Crippen LogP contribution < -0.4 is 0 Å². The quantitative estimate of drug-likeness (QED) is 0.703. The van der Waals surface area contributed by atoms with Gasteiger partial charge in [-0.05, 0) is 12.0 Å². The Morgan fingerprint density at radius 2 is 2.19 bits per heavy atom. The van der Waals surface area contributed by atoms with Gasteiger partial charge >= 0.3 is 5.97 Å². The number of aliphatic hydroxyl groups is 2. The molecule has 4 heteroatoms. The van der Waals surface area contributed by atoms with Gasteiger partial charge in [-0.15, -0.1) is 0 Å². The van der Waals surface area contributed by atoms with E-state index < -0.39 is 12.1 Å². The van der Waals surface area contributed by atoms with Crippen LogP contribution in [-0.2, 0) is 9.53 Å². The van der Waals surface area contributed by atoms with Gasteiger partial charge in [-0.25, -0.2) is 4.79 Å². The predicted molar refractivity (Wildman–Crippen MR) is 57.9 cm³/mol. The van der Waals surface area contributed by atoms with Crippen molar-refractivity contribution in [2.45, 2.75) is 32.3 Å². The highest BCUT2D eigenvalue weighted by atomic mass is 16.5. The summed E-state index contributed by atoms with van der Waals surface area (Å²) in [6, 6.07) is 0. The van der Waals surface area contributed by atoms with E-state index in [2.05, 4.69) is 0 Å². The highest BCUT2D eigenvalue weighted by Crippen LogP contribution is 2.34. The van der Waals surface area contributed by atoms with Crippen molar-refractivity contribution in [3.63, 3.8) is 0 Å². The van der Waals surface area contributed by atoms with Gasteiger partial charge < -0.3 is 14.9 Å². The Kier molecular flexibility index (Phi) is 2.73. The summed E-state index contributed by atoms with van der Waals surface area (Å²) in [4.78, 5) is 11.3. The summed E-state index contributed by atoms with van der Waals surface area (Å²) in [5.41, 5.74) is 1.45. The minimum atomic E-state index is -0.538. The van der Waals surface area contributed by atoms with Crippen LogP contribution in [0.4, 0.5) is 0 Å². The first-order valence-electron chi connectivity index (χ1n) is 5.36. The molecule has 0 fully saturated rings. The Bertz CT molecular complexity index is 415. The number of fused-ring (bicyclic) bond motifs is 1. The number of esters is 1. The number of aliphatic hydroxyl groups excluding tert-OH is 2. The molecule has 1 atom stereocenters. The summed E-state index contributed by atoms with van der Waals surface area (Å²) in [5.74, 6) is -0.363. The van der Waals surface area contributed by atoms with E-state index in [1.807, 2.05) is 6.92 Å². The fourth-order valence-corrected chi connectivity index (χ4v) is 2.09. The third-order valence-electron chi connectivity index (χ3n) is 2.71. The molecular weight excluding hydrogens is 208 g/mol. The lowest BCUT2D eigenvalue weighted by Gasteiger charge is -2.29. The SMILES string of the molecule is CCCC1=CC(=O)OC2CC(O)=CC(O)=C12. The van der Waals surface area contributed by atoms with E-state index in [9.17, 15) is 15.0 Å². The van der Waals surface area contributed by atoms with Crippen LogP contribution in [0.25, 0.3) is 0 Å². The number of hydrogen-bond donors (Lipinski definition) is 2. The van der Waals surface area contributed by atoms with Crippen molar-refractivity contribution >= 4 is 5.97 Å². The fraction of sp³-hybridized carbons (Fsp3) is 0.417. The van der Waals surface area contributed by atoms with E-state index in [0.29, 0.717) is 5.57 Å². The molecule has 1 aliphatic heterocycles. The molecule has 4 nitrogen and oxygen atoms in total. The molecule has 0 aromatic heterocycles. The molecule has 0 radical (unpaired) electrons. The monoisotopic (exact) mass is 222 g/mol. The van der Waals surface area contributed by atoms with Gasteiger partial charge in [0, 0.05) is 24.1 Å². The zero-order chi connectivity index (χ0) is 11.7. The first kappa shape index (κ1) is 10.8. The lowest BCUT2D eigenvalue weighted by Crippen LogP contribution is -2.29. The number of rotatable bonds is 2. The normalized spacial score (nSPS) is 24.6. The smallest absolute Gasteiger partial charge is 0.331 e. The molecule has 1 aliphatic carbocycles. The molecule has 0 spiro atoms. The van der Waals surface area contributed by atoms with Crippen molar-refractivity contribution in [1.29, 1.82) is 0 Å². The van der Waals surface area contributed by atoms with Crippen LogP contribution in [0.2, 0.25) is 0 Å². The van der Waals surface area contributed by atoms with E-state index in [4.69, 9.17) is 4.74 Å². The number of allylic oxidation sites excluding steroid dienone is 1. The summed E-state index contributed by atoms with van der Waals surface area (Å²) in [7, 11) is 0. The fourth-order valence-electron chi connectivity index (χ4n) is 2.09. The van der Waals surface area contributed by atoms with Crippen LogP contribution >= 0.6 is 0 Å². The topological polar surface area (TPSA) is 66.8 Å². The minimum Gasteiger partial charge on any atom is -0.512 e. The van der Waals surface area contributed by atoms with E-state index in [-0.39, 0.29) is 17.9 Å². The zero-order valence-corrected chi connectivity index (χ0v) is 9.06. The zero-order valence-electron chi connectivity index (χ0n) is 9.06. The molecular formula is C12H14O4. The van der Waals surface area contributed by atoms with Gasteiger partial charge in [-0.2, -0.15) is 0 Å². The lowest BCUT2D eigenvalue weighted by molar-refractivity contribution is -0.142. The van der Waals surface area contributed by atoms with Crippen molar-refractivity contribution < 1.29 is 19.7 Å². The third kappa shape index (κ3) is 1.83. The third-order valence-corrected chi connectivity index (χ3v) is 2.71. The highest BCUT2D eigenvalue weighted by molar-refractivity contribution is 5.86. The van der Waals surface area contributed by atoms with Gasteiger partial charge in [0.25, 0.3) is 0 Å². The second kappa shape index (κ2) is 4.04. The van der Waals surface area contributed by atoms with Crippen LogP contribution in [0.3, 0.4) is 0 Å². The van der Waals surface area contributed by atoms with E-state index in [1.165, 1.54) is 12.2 Å². The van der Waals surface area contributed by atoms with Crippen LogP contribution in [0, 0.1) is 0 Å². The average molecular weight is 222 g/mol. The molecule has 0 amide bonds.